The van der Waals surface area contributed by atoms with Crippen molar-refractivity contribution >= 4 is 0 Å². The lowest BCUT2D eigenvalue weighted by Gasteiger charge is -2.53. The molecular formula is C37H44F4. The van der Waals surface area contributed by atoms with Crippen LogP contribution in [0.4, 0.5) is 17.6 Å². The van der Waals surface area contributed by atoms with Gasteiger partial charge in [0.15, 0.2) is 0 Å². The van der Waals surface area contributed by atoms with Gasteiger partial charge >= 0.3 is 6.18 Å². The normalized spacial score (nSPS) is 25.7. The fourth-order valence-corrected chi connectivity index (χ4v) is 7.84. The molecule has 0 saturated heterocycles. The topological polar surface area (TPSA) is 0 Å². The van der Waals surface area contributed by atoms with Crippen LogP contribution >= 0.6 is 0 Å². The summed E-state index contributed by atoms with van der Waals surface area (Å²) < 4.78 is 54.2. The number of alkyl halides is 4. The summed E-state index contributed by atoms with van der Waals surface area (Å²) in [5.74, 6) is 0.808. The molecule has 220 valence electrons. The summed E-state index contributed by atoms with van der Waals surface area (Å²) in [7, 11) is 0. The van der Waals surface area contributed by atoms with Crippen LogP contribution < -0.4 is 0 Å². The lowest BCUT2D eigenvalue weighted by molar-refractivity contribution is -0.226. The molecule has 4 unspecified atom stereocenters. The van der Waals surface area contributed by atoms with Crippen molar-refractivity contribution in [3.63, 3.8) is 0 Å². The molecule has 0 bridgehead atoms. The second kappa shape index (κ2) is 11.2. The Kier molecular flexibility index (Phi) is 8.18. The SMILES string of the molecule is C=C1C=C2CCC3C(=C2CC1)C(c1ccc(-c2ccc(CC)cc2)cc1)CC(C)(C)C3CCCC(C)(F)C(F)(F)F. The molecule has 2 aromatic rings. The van der Waals surface area contributed by atoms with Crippen LogP contribution in [0.1, 0.15) is 96.1 Å². The van der Waals surface area contributed by atoms with Crippen molar-refractivity contribution in [1.82, 2.24) is 0 Å². The summed E-state index contributed by atoms with van der Waals surface area (Å²) in [6.45, 7) is 11.6. The van der Waals surface area contributed by atoms with Gasteiger partial charge in [-0.25, -0.2) is 4.39 Å². The summed E-state index contributed by atoms with van der Waals surface area (Å²) in [6.07, 6.45) is 3.72. The molecular weight excluding hydrogens is 520 g/mol. The van der Waals surface area contributed by atoms with Crippen LogP contribution in [-0.2, 0) is 6.42 Å². The van der Waals surface area contributed by atoms with E-state index in [0.717, 1.165) is 38.5 Å². The third kappa shape index (κ3) is 5.99. The van der Waals surface area contributed by atoms with Gasteiger partial charge in [0.05, 0.1) is 0 Å². The Labute approximate surface area is 243 Å². The van der Waals surface area contributed by atoms with E-state index in [-0.39, 0.29) is 23.7 Å². The molecule has 1 fully saturated rings. The minimum absolute atomic E-state index is 0.0710. The van der Waals surface area contributed by atoms with Crippen LogP contribution in [0.15, 0.2) is 83.5 Å². The fraction of sp³-hybridized carbons (Fsp3) is 0.514. The highest BCUT2D eigenvalue weighted by Crippen LogP contribution is 2.60. The third-order valence-electron chi connectivity index (χ3n) is 10.3. The Morgan fingerprint density at radius 3 is 2.15 bits per heavy atom. The maximum Gasteiger partial charge on any atom is 0.422 e. The number of allylic oxidation sites excluding steroid dienone is 5. The van der Waals surface area contributed by atoms with Crippen LogP contribution in [0.2, 0.25) is 0 Å². The summed E-state index contributed by atoms with van der Waals surface area (Å²) >= 11 is 0. The predicted octanol–water partition coefficient (Wildman–Crippen LogP) is 11.5. The minimum atomic E-state index is -4.83. The van der Waals surface area contributed by atoms with Gasteiger partial charge in [0.2, 0.25) is 5.67 Å². The molecule has 2 aromatic carbocycles. The van der Waals surface area contributed by atoms with E-state index in [1.165, 1.54) is 44.5 Å². The Morgan fingerprint density at radius 1 is 0.902 bits per heavy atom. The van der Waals surface area contributed by atoms with Gasteiger partial charge in [-0.3, -0.25) is 0 Å². The maximum atomic E-state index is 14.5. The number of rotatable bonds is 7. The summed E-state index contributed by atoms with van der Waals surface area (Å²) in [5.41, 5.74) is 7.39. The molecule has 0 radical (unpaired) electrons. The van der Waals surface area contributed by atoms with Gasteiger partial charge in [-0.05, 0) is 115 Å². The van der Waals surface area contributed by atoms with Crippen LogP contribution in [0, 0.1) is 17.3 Å². The standard InChI is InChI=1S/C37H44F4/c1-6-25-10-12-26(13-11-25)27-14-16-28(17-15-27)32-23-35(3,4)33(8-7-21-36(5,38)37(39,40)41)31-20-18-29-22-24(2)9-19-30(29)34(31)32/h10-17,22,31-33H,2,6-9,18-21,23H2,1,3-5H3. The van der Waals surface area contributed by atoms with E-state index in [1.54, 1.807) is 0 Å². The summed E-state index contributed by atoms with van der Waals surface area (Å²) in [6, 6.07) is 17.8. The largest absolute Gasteiger partial charge is 0.422 e. The molecule has 0 N–H and O–H groups in total. The molecule has 4 heteroatoms. The monoisotopic (exact) mass is 564 g/mol. The predicted molar refractivity (Wildman–Crippen MR) is 162 cm³/mol. The van der Waals surface area contributed by atoms with Crippen molar-refractivity contribution in [2.45, 2.75) is 103 Å². The zero-order chi connectivity index (χ0) is 29.6. The van der Waals surface area contributed by atoms with Crippen molar-refractivity contribution in [2.24, 2.45) is 17.3 Å². The number of benzene rings is 2. The molecule has 4 atom stereocenters. The Balaban J connectivity index is 1.47. The first-order valence-corrected chi connectivity index (χ1v) is 15.4. The molecule has 1 saturated carbocycles. The zero-order valence-electron chi connectivity index (χ0n) is 25.0. The van der Waals surface area contributed by atoms with Crippen LogP contribution in [0.5, 0.6) is 0 Å². The molecule has 5 rings (SSSR count). The summed E-state index contributed by atoms with van der Waals surface area (Å²) in [4.78, 5) is 0. The number of hydrogen-bond acceptors (Lipinski definition) is 0. The Hall–Kier alpha value is -2.62. The summed E-state index contributed by atoms with van der Waals surface area (Å²) in [5, 5.41) is 0. The van der Waals surface area contributed by atoms with Gasteiger partial charge in [0.25, 0.3) is 0 Å². The molecule has 3 aliphatic carbocycles. The number of halogens is 4. The Bertz CT molecular complexity index is 1320. The quantitative estimate of drug-likeness (QED) is 0.293. The molecule has 0 heterocycles. The van der Waals surface area contributed by atoms with Crippen molar-refractivity contribution < 1.29 is 17.6 Å². The van der Waals surface area contributed by atoms with Gasteiger partial charge in [-0.15, -0.1) is 0 Å². The first-order chi connectivity index (χ1) is 19.3. The van der Waals surface area contributed by atoms with E-state index < -0.39 is 18.3 Å². The molecule has 0 aromatic heterocycles. The van der Waals surface area contributed by atoms with Gasteiger partial charge in [-0.1, -0.05) is 93.1 Å². The smallest absolute Gasteiger partial charge is 0.234 e. The molecule has 0 nitrogen and oxygen atoms in total. The van der Waals surface area contributed by atoms with Gasteiger partial charge in [0.1, 0.15) is 0 Å². The second-order valence-corrected chi connectivity index (χ2v) is 13.5. The highest BCUT2D eigenvalue weighted by Gasteiger charge is 2.52. The van der Waals surface area contributed by atoms with E-state index in [0.29, 0.717) is 19.3 Å². The highest BCUT2D eigenvalue weighted by atomic mass is 19.4. The lowest BCUT2D eigenvalue weighted by atomic mass is 9.52. The second-order valence-electron chi connectivity index (χ2n) is 13.5. The van der Waals surface area contributed by atoms with Crippen molar-refractivity contribution in [1.29, 1.82) is 0 Å². The average molecular weight is 565 g/mol. The highest BCUT2D eigenvalue weighted by molar-refractivity contribution is 5.64. The molecule has 0 spiro atoms. The van der Waals surface area contributed by atoms with E-state index in [9.17, 15) is 17.6 Å². The fourth-order valence-electron chi connectivity index (χ4n) is 7.84. The molecule has 41 heavy (non-hydrogen) atoms. The minimum Gasteiger partial charge on any atom is -0.234 e. The van der Waals surface area contributed by atoms with Crippen LogP contribution in [0.25, 0.3) is 11.1 Å². The van der Waals surface area contributed by atoms with E-state index >= 15 is 0 Å². The first-order valence-electron chi connectivity index (χ1n) is 15.4. The first kappa shape index (κ1) is 29.9. The van der Waals surface area contributed by atoms with Crippen molar-refractivity contribution in [3.8, 4) is 11.1 Å². The Morgan fingerprint density at radius 2 is 1.54 bits per heavy atom. The van der Waals surface area contributed by atoms with E-state index in [2.05, 4.69) is 82.0 Å². The van der Waals surface area contributed by atoms with Crippen LogP contribution in [-0.4, -0.2) is 11.8 Å². The van der Waals surface area contributed by atoms with Gasteiger partial charge in [-0.2, -0.15) is 13.2 Å². The number of fused-ring (bicyclic) bond motifs is 2. The van der Waals surface area contributed by atoms with E-state index in [4.69, 9.17) is 0 Å². The maximum absolute atomic E-state index is 14.5. The van der Waals surface area contributed by atoms with Gasteiger partial charge < -0.3 is 0 Å². The van der Waals surface area contributed by atoms with Crippen molar-refractivity contribution in [2.75, 3.05) is 0 Å². The molecule has 3 aliphatic rings. The van der Waals surface area contributed by atoms with Gasteiger partial charge in [0, 0.05) is 5.92 Å². The lowest BCUT2D eigenvalue weighted by Crippen LogP contribution is -2.42. The zero-order valence-corrected chi connectivity index (χ0v) is 25.0. The van der Waals surface area contributed by atoms with Crippen LogP contribution in [0.3, 0.4) is 0 Å². The molecule has 0 aliphatic heterocycles. The third-order valence-corrected chi connectivity index (χ3v) is 10.3. The van der Waals surface area contributed by atoms with E-state index in [1.807, 2.05) is 0 Å². The number of aryl methyl sites for hydroxylation is 1. The molecule has 0 amide bonds. The number of hydrogen-bond donors (Lipinski definition) is 0. The van der Waals surface area contributed by atoms with Crippen molar-refractivity contribution in [3.05, 3.63) is 94.6 Å². The average Bonchev–Trinajstić information content (AvgIpc) is 2.93.